The van der Waals surface area contributed by atoms with E-state index >= 15 is 0 Å². The fourth-order valence-electron chi connectivity index (χ4n) is 3.76. The van der Waals surface area contributed by atoms with Crippen molar-refractivity contribution in [3.05, 3.63) is 72.4 Å². The molecule has 1 aromatic carbocycles. The Kier molecular flexibility index (Phi) is 15.0. The number of hydrogen-bond acceptors (Lipinski definition) is 5. The van der Waals surface area contributed by atoms with Crippen LogP contribution in [-0.2, 0) is 9.59 Å². The molecule has 5 N–H and O–H groups in total. The number of nitrogens with zero attached hydrogens (tertiary/aromatic N) is 1. The minimum Gasteiger partial charge on any atom is -0.350 e. The van der Waals surface area contributed by atoms with Crippen molar-refractivity contribution in [2.75, 3.05) is 32.7 Å². The first-order valence-corrected chi connectivity index (χ1v) is 13.1. The molecule has 0 aromatic heterocycles. The predicted octanol–water partition coefficient (Wildman–Crippen LogP) is 2.56. The summed E-state index contributed by atoms with van der Waals surface area (Å²) in [6.45, 7) is 14.6. The van der Waals surface area contributed by atoms with Gasteiger partial charge in [0.05, 0.1) is 6.54 Å². The summed E-state index contributed by atoms with van der Waals surface area (Å²) in [5.41, 5.74) is 7.78. The van der Waals surface area contributed by atoms with Crippen LogP contribution >= 0.6 is 0 Å². The van der Waals surface area contributed by atoms with Crippen molar-refractivity contribution < 1.29 is 19.2 Å². The number of rotatable bonds is 17. The van der Waals surface area contributed by atoms with Crippen LogP contribution in [0.2, 0.25) is 0 Å². The topological polar surface area (TPSA) is 134 Å². The van der Waals surface area contributed by atoms with E-state index in [9.17, 15) is 19.2 Å². The van der Waals surface area contributed by atoms with Crippen molar-refractivity contribution in [2.45, 2.75) is 46.1 Å². The number of benzene rings is 1. The Morgan fingerprint density at radius 1 is 1.00 bits per heavy atom. The summed E-state index contributed by atoms with van der Waals surface area (Å²) >= 11 is 0. The summed E-state index contributed by atoms with van der Waals surface area (Å²) in [4.78, 5) is 51.7. The SMILES string of the molecule is C=C/C=C(\C=C)CNC(=O)CNC(=O)C(C)CC(N)CNC(=O)c1cccc(C(=O)N(CCC)CCC)c1. The molecule has 0 fully saturated rings. The van der Waals surface area contributed by atoms with E-state index in [4.69, 9.17) is 5.73 Å². The Labute approximate surface area is 226 Å². The van der Waals surface area contributed by atoms with Gasteiger partial charge in [-0.2, -0.15) is 0 Å². The van der Waals surface area contributed by atoms with E-state index < -0.39 is 12.0 Å². The summed E-state index contributed by atoms with van der Waals surface area (Å²) < 4.78 is 0. The van der Waals surface area contributed by atoms with Gasteiger partial charge in [0.1, 0.15) is 0 Å². The number of amides is 4. The molecule has 1 aromatic rings. The fourth-order valence-corrected chi connectivity index (χ4v) is 3.76. The van der Waals surface area contributed by atoms with Gasteiger partial charge in [0.25, 0.3) is 11.8 Å². The van der Waals surface area contributed by atoms with Crippen LogP contribution in [0.5, 0.6) is 0 Å². The molecule has 0 heterocycles. The maximum atomic E-state index is 12.9. The Hall–Kier alpha value is -3.72. The zero-order valence-corrected chi connectivity index (χ0v) is 22.9. The fraction of sp³-hybridized carbons (Fsp3) is 0.448. The second-order valence-corrected chi connectivity index (χ2v) is 9.16. The molecule has 0 aliphatic rings. The third-order valence-electron chi connectivity index (χ3n) is 5.78. The molecule has 208 valence electrons. The second-order valence-electron chi connectivity index (χ2n) is 9.16. The van der Waals surface area contributed by atoms with Gasteiger partial charge in [-0.15, -0.1) is 0 Å². The monoisotopic (exact) mass is 525 g/mol. The van der Waals surface area contributed by atoms with E-state index in [2.05, 4.69) is 29.1 Å². The number of hydrogen-bond donors (Lipinski definition) is 4. The van der Waals surface area contributed by atoms with Gasteiger partial charge < -0.3 is 26.6 Å². The van der Waals surface area contributed by atoms with Gasteiger partial charge in [0.2, 0.25) is 11.8 Å². The van der Waals surface area contributed by atoms with Crippen molar-refractivity contribution in [2.24, 2.45) is 11.7 Å². The van der Waals surface area contributed by atoms with Crippen molar-refractivity contribution in [1.82, 2.24) is 20.9 Å². The molecule has 1 rings (SSSR count). The molecule has 0 radical (unpaired) electrons. The molecule has 0 saturated carbocycles. The average Bonchev–Trinajstić information content (AvgIpc) is 2.91. The Bertz CT molecular complexity index is 998. The van der Waals surface area contributed by atoms with Gasteiger partial charge in [-0.1, -0.05) is 58.2 Å². The molecule has 9 nitrogen and oxygen atoms in total. The van der Waals surface area contributed by atoms with E-state index in [-0.39, 0.29) is 43.3 Å². The highest BCUT2D eigenvalue weighted by Gasteiger charge is 2.19. The molecule has 0 aliphatic heterocycles. The molecule has 0 bridgehead atoms. The van der Waals surface area contributed by atoms with E-state index in [0.29, 0.717) is 30.6 Å². The smallest absolute Gasteiger partial charge is 0.253 e. The van der Waals surface area contributed by atoms with Crippen LogP contribution in [0.4, 0.5) is 0 Å². The zero-order chi connectivity index (χ0) is 28.5. The average molecular weight is 526 g/mol. The van der Waals surface area contributed by atoms with Crippen LogP contribution in [0.15, 0.2) is 61.2 Å². The lowest BCUT2D eigenvalue weighted by atomic mass is 10.0. The molecule has 0 saturated heterocycles. The zero-order valence-electron chi connectivity index (χ0n) is 22.9. The lowest BCUT2D eigenvalue weighted by Gasteiger charge is -2.21. The second kappa shape index (κ2) is 17.7. The third-order valence-corrected chi connectivity index (χ3v) is 5.78. The maximum absolute atomic E-state index is 12.9. The summed E-state index contributed by atoms with van der Waals surface area (Å²) in [6.07, 6.45) is 6.99. The quantitative estimate of drug-likeness (QED) is 0.232. The van der Waals surface area contributed by atoms with Gasteiger partial charge in [-0.3, -0.25) is 19.2 Å². The molecule has 9 heteroatoms. The van der Waals surface area contributed by atoms with Crippen molar-refractivity contribution >= 4 is 23.6 Å². The number of allylic oxidation sites excluding steroid dienone is 2. The predicted molar refractivity (Wildman–Crippen MR) is 152 cm³/mol. The molecule has 38 heavy (non-hydrogen) atoms. The standard InChI is InChI=1S/C29H43N5O4/c1-6-11-22(9-4)18-31-26(35)20-33-27(36)21(5)16-25(30)19-32-28(37)23-12-10-13-24(17-23)29(38)34(14-7-2)15-8-3/h6,9-13,17,21,25H,1,4,7-8,14-16,18-20,30H2,2-3,5H3,(H,31,35)(H,32,37)(H,33,36)/b22-11+. The highest BCUT2D eigenvalue weighted by atomic mass is 16.2. The van der Waals surface area contributed by atoms with Crippen molar-refractivity contribution in [3.63, 3.8) is 0 Å². The summed E-state index contributed by atoms with van der Waals surface area (Å²) in [5.74, 6) is -1.52. The molecule has 2 atom stereocenters. The van der Waals surface area contributed by atoms with Crippen LogP contribution < -0.4 is 21.7 Å². The minimum absolute atomic E-state index is 0.0945. The first-order valence-electron chi connectivity index (χ1n) is 13.1. The summed E-state index contributed by atoms with van der Waals surface area (Å²) in [7, 11) is 0. The van der Waals surface area contributed by atoms with E-state index in [1.54, 1.807) is 54.3 Å². The van der Waals surface area contributed by atoms with Crippen molar-refractivity contribution in [3.8, 4) is 0 Å². The van der Waals surface area contributed by atoms with Crippen molar-refractivity contribution in [1.29, 1.82) is 0 Å². The summed E-state index contributed by atoms with van der Waals surface area (Å²) in [6, 6.07) is 6.17. The van der Waals surface area contributed by atoms with Crippen LogP contribution in [0.25, 0.3) is 0 Å². The van der Waals surface area contributed by atoms with E-state index in [1.807, 2.05) is 13.8 Å². The van der Waals surface area contributed by atoms with Crippen LogP contribution in [0.3, 0.4) is 0 Å². The van der Waals surface area contributed by atoms with Gasteiger partial charge in [-0.25, -0.2) is 0 Å². The lowest BCUT2D eigenvalue weighted by molar-refractivity contribution is -0.128. The molecule has 0 aliphatic carbocycles. The maximum Gasteiger partial charge on any atom is 0.253 e. The molecule has 0 spiro atoms. The lowest BCUT2D eigenvalue weighted by Crippen LogP contribution is -2.43. The third kappa shape index (κ3) is 11.6. The summed E-state index contributed by atoms with van der Waals surface area (Å²) in [5, 5.41) is 8.07. The number of carbonyl (C=O) groups is 4. The minimum atomic E-state index is -0.470. The first kappa shape index (κ1) is 32.3. The Morgan fingerprint density at radius 3 is 2.26 bits per heavy atom. The normalized spacial score (nSPS) is 12.6. The van der Waals surface area contributed by atoms with Gasteiger partial charge in [0.15, 0.2) is 0 Å². The Morgan fingerprint density at radius 2 is 1.66 bits per heavy atom. The van der Waals surface area contributed by atoms with E-state index in [0.717, 1.165) is 18.4 Å². The highest BCUT2D eigenvalue weighted by molar-refractivity contribution is 5.99. The molecular weight excluding hydrogens is 482 g/mol. The van der Waals surface area contributed by atoms with Gasteiger partial charge >= 0.3 is 0 Å². The number of carbonyl (C=O) groups excluding carboxylic acids is 4. The molecular formula is C29H43N5O4. The van der Waals surface area contributed by atoms with Crippen LogP contribution in [0.1, 0.15) is 60.7 Å². The number of nitrogens with two attached hydrogens (primary N) is 1. The van der Waals surface area contributed by atoms with Crippen LogP contribution in [-0.4, -0.2) is 67.3 Å². The molecule has 4 amide bonds. The molecule has 2 unspecified atom stereocenters. The van der Waals surface area contributed by atoms with Gasteiger partial charge in [0, 0.05) is 49.3 Å². The highest BCUT2D eigenvalue weighted by Crippen LogP contribution is 2.11. The number of nitrogens with one attached hydrogen (secondary N) is 3. The van der Waals surface area contributed by atoms with E-state index in [1.165, 1.54) is 0 Å². The largest absolute Gasteiger partial charge is 0.350 e. The van der Waals surface area contributed by atoms with Crippen LogP contribution in [0, 0.1) is 5.92 Å². The Balaban J connectivity index is 2.53. The van der Waals surface area contributed by atoms with Gasteiger partial charge in [-0.05, 0) is 43.0 Å². The first-order chi connectivity index (χ1) is 18.2.